The van der Waals surface area contributed by atoms with Crippen molar-refractivity contribution < 1.29 is 4.79 Å². The van der Waals surface area contributed by atoms with Crippen LogP contribution in [0.5, 0.6) is 0 Å². The van der Waals surface area contributed by atoms with Gasteiger partial charge in [-0.15, -0.1) is 0 Å². The maximum atomic E-state index is 10.9. The van der Waals surface area contributed by atoms with Crippen molar-refractivity contribution in [3.05, 3.63) is 0 Å². The Morgan fingerprint density at radius 1 is 1.73 bits per heavy atom. The molecule has 11 heavy (non-hydrogen) atoms. The highest BCUT2D eigenvalue weighted by molar-refractivity contribution is 5.77. The number of likely N-dealkylation sites (N-methyl/N-ethyl adjacent to an activating group) is 2. The lowest BCUT2D eigenvalue weighted by molar-refractivity contribution is -0.121. The van der Waals surface area contributed by atoms with Crippen LogP contribution in [0.1, 0.15) is 6.92 Å². The van der Waals surface area contributed by atoms with E-state index in [0.717, 1.165) is 0 Å². The lowest BCUT2D eigenvalue weighted by Crippen LogP contribution is -2.35. The highest BCUT2D eigenvalue weighted by Crippen LogP contribution is 1.78. The zero-order chi connectivity index (χ0) is 8.69. The van der Waals surface area contributed by atoms with E-state index in [2.05, 4.69) is 5.32 Å². The molecule has 0 aliphatic heterocycles. The van der Waals surface area contributed by atoms with E-state index in [1.807, 2.05) is 13.0 Å². The molecule has 0 spiro atoms. The molecule has 0 aliphatic carbocycles. The average Bonchev–Trinajstić information content (AvgIpc) is 1.87. The first-order valence-electron chi connectivity index (χ1n) is 3.53. The first kappa shape index (κ1) is 9.92. The van der Waals surface area contributed by atoms with Crippen LogP contribution in [0.4, 0.5) is 0 Å². The first-order chi connectivity index (χ1) is 5.20. The molecule has 0 saturated heterocycles. The topological polar surface area (TPSA) is 56.1 Å². The third-order valence-electron chi connectivity index (χ3n) is 1.13. The van der Waals surface area contributed by atoms with Gasteiger partial charge in [0.2, 0.25) is 5.91 Å². The van der Waals surface area contributed by atoms with E-state index in [-0.39, 0.29) is 12.5 Å². The molecular weight excluding hydrogens is 142 g/mol. The summed E-state index contributed by atoms with van der Waals surface area (Å²) in [5, 5.41) is 10.9. The van der Waals surface area contributed by atoms with Crippen molar-refractivity contribution >= 4 is 5.91 Å². The van der Waals surface area contributed by atoms with Gasteiger partial charge in [-0.2, -0.15) is 5.26 Å². The molecule has 0 bridgehead atoms. The molecule has 1 N–H and O–H groups in total. The van der Waals surface area contributed by atoms with Gasteiger partial charge >= 0.3 is 0 Å². The number of carbonyl (C=O) groups is 1. The fourth-order valence-electron chi connectivity index (χ4n) is 0.675. The molecule has 0 rings (SSSR count). The summed E-state index contributed by atoms with van der Waals surface area (Å²) in [6, 6.07) is 1.96. The Bertz CT molecular complexity index is 162. The fourth-order valence-corrected chi connectivity index (χ4v) is 0.675. The predicted octanol–water partition coefficient (Wildman–Crippen LogP) is -0.422. The van der Waals surface area contributed by atoms with E-state index < -0.39 is 0 Å². The minimum Gasteiger partial charge on any atom is -0.355 e. The van der Waals surface area contributed by atoms with Crippen molar-refractivity contribution in [2.45, 2.75) is 6.92 Å². The summed E-state index contributed by atoms with van der Waals surface area (Å²) >= 11 is 0. The van der Waals surface area contributed by atoms with Crippen LogP contribution in [0.15, 0.2) is 0 Å². The Morgan fingerprint density at radius 2 is 2.36 bits per heavy atom. The van der Waals surface area contributed by atoms with Crippen LogP contribution in [-0.4, -0.2) is 37.5 Å². The minimum atomic E-state index is -0.0368. The third-order valence-corrected chi connectivity index (χ3v) is 1.13. The Morgan fingerprint density at radius 3 is 2.82 bits per heavy atom. The number of rotatable bonds is 4. The molecule has 1 amide bonds. The minimum absolute atomic E-state index is 0.0368. The summed E-state index contributed by atoms with van der Waals surface area (Å²) in [5.41, 5.74) is 0. The Balaban J connectivity index is 3.50. The normalized spacial score (nSPS) is 9.27. The summed E-state index contributed by atoms with van der Waals surface area (Å²) < 4.78 is 0. The quantitative estimate of drug-likeness (QED) is 0.561. The molecule has 0 unspecified atom stereocenters. The molecule has 0 aliphatic rings. The zero-order valence-electron chi connectivity index (χ0n) is 6.92. The van der Waals surface area contributed by atoms with Crippen LogP contribution in [0.2, 0.25) is 0 Å². The van der Waals surface area contributed by atoms with Gasteiger partial charge in [0.1, 0.15) is 0 Å². The average molecular weight is 155 g/mol. The van der Waals surface area contributed by atoms with Gasteiger partial charge in [-0.1, -0.05) is 0 Å². The summed E-state index contributed by atoms with van der Waals surface area (Å²) in [6.07, 6.45) is 0. The zero-order valence-corrected chi connectivity index (χ0v) is 6.92. The SMILES string of the molecule is CCNC(=O)CN(C)CC#N. The van der Waals surface area contributed by atoms with E-state index in [9.17, 15) is 4.79 Å². The number of amides is 1. The standard InChI is InChI=1S/C7H13N3O/c1-3-9-7(11)6-10(2)5-4-8/h3,5-6H2,1-2H3,(H,9,11). The van der Waals surface area contributed by atoms with Crippen LogP contribution in [0.3, 0.4) is 0 Å². The number of hydrogen-bond donors (Lipinski definition) is 1. The molecular formula is C7H13N3O. The van der Waals surface area contributed by atoms with Gasteiger partial charge in [0.25, 0.3) is 0 Å². The molecule has 0 saturated carbocycles. The van der Waals surface area contributed by atoms with Gasteiger partial charge in [-0.25, -0.2) is 0 Å². The van der Waals surface area contributed by atoms with E-state index >= 15 is 0 Å². The predicted molar refractivity (Wildman–Crippen MR) is 41.8 cm³/mol. The van der Waals surface area contributed by atoms with E-state index in [1.165, 1.54) is 0 Å². The number of nitrogens with one attached hydrogen (secondary N) is 1. The van der Waals surface area contributed by atoms with E-state index in [1.54, 1.807) is 11.9 Å². The second-order valence-corrected chi connectivity index (χ2v) is 2.28. The first-order valence-corrected chi connectivity index (χ1v) is 3.53. The Labute approximate surface area is 66.8 Å². The van der Waals surface area contributed by atoms with E-state index in [4.69, 9.17) is 5.26 Å². The maximum absolute atomic E-state index is 10.9. The molecule has 0 atom stereocenters. The lowest BCUT2D eigenvalue weighted by atomic mass is 10.5. The third kappa shape index (κ3) is 5.37. The van der Waals surface area contributed by atoms with Crippen molar-refractivity contribution in [3.63, 3.8) is 0 Å². The van der Waals surface area contributed by atoms with Crippen molar-refractivity contribution in [3.8, 4) is 6.07 Å². The molecule has 0 heterocycles. The second-order valence-electron chi connectivity index (χ2n) is 2.28. The van der Waals surface area contributed by atoms with Crippen molar-refractivity contribution in [2.75, 3.05) is 26.7 Å². The van der Waals surface area contributed by atoms with Crippen LogP contribution in [0.25, 0.3) is 0 Å². The Hall–Kier alpha value is -1.08. The largest absolute Gasteiger partial charge is 0.355 e. The molecule has 62 valence electrons. The van der Waals surface area contributed by atoms with Gasteiger partial charge in [0.15, 0.2) is 0 Å². The van der Waals surface area contributed by atoms with Crippen LogP contribution >= 0.6 is 0 Å². The Kier molecular flexibility index (Phi) is 5.13. The van der Waals surface area contributed by atoms with Crippen LogP contribution < -0.4 is 5.32 Å². The monoisotopic (exact) mass is 155 g/mol. The van der Waals surface area contributed by atoms with Crippen LogP contribution in [-0.2, 0) is 4.79 Å². The summed E-state index contributed by atoms with van der Waals surface area (Å²) in [5.74, 6) is -0.0368. The number of hydrogen-bond acceptors (Lipinski definition) is 3. The molecule has 4 heteroatoms. The van der Waals surface area contributed by atoms with Gasteiger partial charge in [-0.05, 0) is 14.0 Å². The van der Waals surface area contributed by atoms with Crippen molar-refractivity contribution in [1.82, 2.24) is 10.2 Å². The summed E-state index contributed by atoms with van der Waals surface area (Å²) in [6.45, 7) is 3.08. The summed E-state index contributed by atoms with van der Waals surface area (Å²) in [7, 11) is 1.73. The van der Waals surface area contributed by atoms with Gasteiger partial charge in [-0.3, -0.25) is 9.69 Å². The smallest absolute Gasteiger partial charge is 0.234 e. The van der Waals surface area contributed by atoms with Crippen molar-refractivity contribution in [1.29, 1.82) is 5.26 Å². The van der Waals surface area contributed by atoms with Crippen LogP contribution in [0, 0.1) is 11.3 Å². The summed E-state index contributed by atoms with van der Waals surface area (Å²) in [4.78, 5) is 12.5. The van der Waals surface area contributed by atoms with Gasteiger partial charge < -0.3 is 5.32 Å². The number of carbonyl (C=O) groups excluding carboxylic acids is 1. The molecule has 0 aromatic rings. The number of nitrogens with zero attached hydrogens (tertiary/aromatic N) is 2. The second kappa shape index (κ2) is 5.69. The molecule has 4 nitrogen and oxygen atoms in total. The fraction of sp³-hybridized carbons (Fsp3) is 0.714. The van der Waals surface area contributed by atoms with Crippen molar-refractivity contribution in [2.24, 2.45) is 0 Å². The highest BCUT2D eigenvalue weighted by Gasteiger charge is 2.02. The molecule has 0 radical (unpaired) electrons. The molecule has 0 aromatic heterocycles. The van der Waals surface area contributed by atoms with E-state index in [0.29, 0.717) is 13.1 Å². The maximum Gasteiger partial charge on any atom is 0.234 e. The molecule has 0 fully saturated rings. The molecule has 0 aromatic carbocycles. The van der Waals surface area contributed by atoms with Gasteiger partial charge in [0.05, 0.1) is 19.2 Å². The van der Waals surface area contributed by atoms with Gasteiger partial charge in [0, 0.05) is 6.54 Å². The lowest BCUT2D eigenvalue weighted by Gasteiger charge is -2.10. The highest BCUT2D eigenvalue weighted by atomic mass is 16.1. The number of nitriles is 1.